The van der Waals surface area contributed by atoms with E-state index in [9.17, 15) is 16.8 Å². The fourth-order valence-electron chi connectivity index (χ4n) is 1.96. The van der Waals surface area contributed by atoms with E-state index in [4.69, 9.17) is 15.4 Å². The minimum absolute atomic E-state index is 0.103. The molecule has 1 aromatic rings. The molecule has 0 saturated carbocycles. The Morgan fingerprint density at radius 3 is 2.45 bits per heavy atom. The molecular formula is C11H14ClNO5S2. The van der Waals surface area contributed by atoms with Crippen molar-refractivity contribution in [1.82, 2.24) is 4.31 Å². The maximum atomic E-state index is 12.4. The first-order valence-electron chi connectivity index (χ1n) is 5.83. The average molecular weight is 340 g/mol. The van der Waals surface area contributed by atoms with E-state index in [1.54, 1.807) is 0 Å². The fourth-order valence-corrected chi connectivity index (χ4v) is 4.25. The van der Waals surface area contributed by atoms with Crippen molar-refractivity contribution < 1.29 is 21.6 Å². The molecule has 0 spiro atoms. The topological polar surface area (TPSA) is 80.8 Å². The lowest BCUT2D eigenvalue weighted by molar-refractivity contribution is 0.181. The number of sulfonamides is 1. The summed E-state index contributed by atoms with van der Waals surface area (Å²) in [6, 6.07) is 4.76. The van der Waals surface area contributed by atoms with Gasteiger partial charge in [-0.2, -0.15) is 4.31 Å². The van der Waals surface area contributed by atoms with Crippen molar-refractivity contribution in [2.24, 2.45) is 0 Å². The van der Waals surface area contributed by atoms with Crippen molar-refractivity contribution in [2.45, 2.75) is 22.3 Å². The molecule has 9 heteroatoms. The number of likely N-dealkylation sites (N-methyl/N-ethyl adjacent to an activating group) is 1. The van der Waals surface area contributed by atoms with Gasteiger partial charge in [0.1, 0.15) is 0 Å². The van der Waals surface area contributed by atoms with Crippen molar-refractivity contribution in [3.8, 4) is 0 Å². The van der Waals surface area contributed by atoms with Gasteiger partial charge >= 0.3 is 0 Å². The monoisotopic (exact) mass is 339 g/mol. The zero-order valence-electron chi connectivity index (χ0n) is 10.7. The lowest BCUT2D eigenvalue weighted by atomic mass is 10.3. The van der Waals surface area contributed by atoms with Crippen molar-refractivity contribution in [3.05, 3.63) is 24.3 Å². The Morgan fingerprint density at radius 2 is 1.90 bits per heavy atom. The van der Waals surface area contributed by atoms with Crippen molar-refractivity contribution in [3.63, 3.8) is 0 Å². The first-order chi connectivity index (χ1) is 9.23. The highest BCUT2D eigenvalue weighted by molar-refractivity contribution is 8.13. The number of halogens is 1. The molecule has 1 aliphatic rings. The SMILES string of the molecule is CN(C1CCOC1)S(=O)(=O)c1cccc(S(=O)(=O)Cl)c1. The van der Waals surface area contributed by atoms with Crippen LogP contribution >= 0.6 is 10.7 Å². The molecule has 112 valence electrons. The molecule has 1 atom stereocenters. The summed E-state index contributed by atoms with van der Waals surface area (Å²) in [5, 5.41) is 0. The van der Waals surface area contributed by atoms with E-state index in [-0.39, 0.29) is 15.8 Å². The maximum absolute atomic E-state index is 12.4. The van der Waals surface area contributed by atoms with Crippen molar-refractivity contribution in [2.75, 3.05) is 20.3 Å². The third kappa shape index (κ3) is 3.15. The number of nitrogens with zero attached hydrogens (tertiary/aromatic N) is 1. The second-order valence-electron chi connectivity index (χ2n) is 4.45. The van der Waals surface area contributed by atoms with E-state index in [0.717, 1.165) is 6.07 Å². The number of ether oxygens (including phenoxy) is 1. The van der Waals surface area contributed by atoms with Gasteiger partial charge in [-0.15, -0.1) is 0 Å². The molecule has 20 heavy (non-hydrogen) atoms. The summed E-state index contributed by atoms with van der Waals surface area (Å²) >= 11 is 0. The molecule has 1 unspecified atom stereocenters. The molecule has 1 aromatic carbocycles. The number of hydrogen-bond acceptors (Lipinski definition) is 5. The van der Waals surface area contributed by atoms with Crippen LogP contribution in [0.4, 0.5) is 0 Å². The van der Waals surface area contributed by atoms with Crippen molar-refractivity contribution >= 4 is 29.8 Å². The van der Waals surface area contributed by atoms with Crippen LogP contribution in [0.5, 0.6) is 0 Å². The summed E-state index contributed by atoms with van der Waals surface area (Å²) in [6.45, 7) is 0.851. The third-order valence-electron chi connectivity index (χ3n) is 3.18. The van der Waals surface area contributed by atoms with Gasteiger partial charge in [0.2, 0.25) is 10.0 Å². The Bertz CT molecular complexity index is 695. The largest absolute Gasteiger partial charge is 0.380 e. The van der Waals surface area contributed by atoms with Gasteiger partial charge in [0, 0.05) is 24.3 Å². The summed E-state index contributed by atoms with van der Waals surface area (Å²) in [4.78, 5) is -0.343. The van der Waals surface area contributed by atoms with Gasteiger partial charge in [-0.05, 0) is 24.6 Å². The van der Waals surface area contributed by atoms with Crippen LogP contribution in [-0.4, -0.2) is 47.4 Å². The summed E-state index contributed by atoms with van der Waals surface area (Å²) < 4.78 is 53.8. The van der Waals surface area contributed by atoms with E-state index < -0.39 is 19.1 Å². The Balaban J connectivity index is 2.39. The van der Waals surface area contributed by atoms with Crippen LogP contribution in [-0.2, 0) is 23.8 Å². The van der Waals surface area contributed by atoms with Gasteiger partial charge in [0.15, 0.2) is 0 Å². The van der Waals surface area contributed by atoms with E-state index in [1.807, 2.05) is 0 Å². The van der Waals surface area contributed by atoms with Crippen LogP contribution in [0.1, 0.15) is 6.42 Å². The first-order valence-corrected chi connectivity index (χ1v) is 9.58. The normalized spacial score (nSPS) is 20.4. The Kier molecular flexibility index (Phi) is 4.41. The van der Waals surface area contributed by atoms with Crippen LogP contribution in [0.25, 0.3) is 0 Å². The minimum atomic E-state index is -3.97. The quantitative estimate of drug-likeness (QED) is 0.765. The molecule has 0 N–H and O–H groups in total. The molecular weight excluding hydrogens is 326 g/mol. The summed E-state index contributed by atoms with van der Waals surface area (Å²) in [6.07, 6.45) is 0.614. The number of hydrogen-bond donors (Lipinski definition) is 0. The van der Waals surface area contributed by atoms with E-state index in [1.165, 1.54) is 29.6 Å². The van der Waals surface area contributed by atoms with Gasteiger partial charge in [-0.25, -0.2) is 16.8 Å². The molecule has 6 nitrogen and oxygen atoms in total. The molecule has 0 aliphatic carbocycles. The molecule has 1 heterocycles. The maximum Gasteiger partial charge on any atom is 0.261 e. The molecule has 2 rings (SSSR count). The van der Waals surface area contributed by atoms with Gasteiger partial charge in [0.25, 0.3) is 9.05 Å². The minimum Gasteiger partial charge on any atom is -0.380 e. The lowest BCUT2D eigenvalue weighted by Gasteiger charge is -2.22. The molecule has 0 aromatic heterocycles. The zero-order valence-corrected chi connectivity index (χ0v) is 13.1. The Morgan fingerprint density at radius 1 is 1.25 bits per heavy atom. The Labute approximate surface area is 122 Å². The van der Waals surface area contributed by atoms with Crippen LogP contribution in [0.15, 0.2) is 34.1 Å². The van der Waals surface area contributed by atoms with Crippen LogP contribution in [0.3, 0.4) is 0 Å². The number of rotatable bonds is 4. The van der Waals surface area contributed by atoms with E-state index in [0.29, 0.717) is 19.6 Å². The molecule has 1 aliphatic heterocycles. The van der Waals surface area contributed by atoms with Gasteiger partial charge in [-0.1, -0.05) is 6.07 Å². The lowest BCUT2D eigenvalue weighted by Crippen LogP contribution is -2.37. The zero-order chi connectivity index (χ0) is 15.0. The van der Waals surface area contributed by atoms with Gasteiger partial charge in [0.05, 0.1) is 22.4 Å². The molecule has 0 amide bonds. The highest BCUT2D eigenvalue weighted by Crippen LogP contribution is 2.24. The van der Waals surface area contributed by atoms with E-state index >= 15 is 0 Å². The molecule has 0 radical (unpaired) electrons. The summed E-state index contributed by atoms with van der Waals surface area (Å²) in [5.74, 6) is 0. The van der Waals surface area contributed by atoms with Gasteiger partial charge in [-0.3, -0.25) is 0 Å². The van der Waals surface area contributed by atoms with Crippen molar-refractivity contribution in [1.29, 1.82) is 0 Å². The predicted octanol–water partition coefficient (Wildman–Crippen LogP) is 1.02. The van der Waals surface area contributed by atoms with Crippen LogP contribution in [0.2, 0.25) is 0 Å². The summed E-state index contributed by atoms with van der Waals surface area (Å²) in [5.41, 5.74) is 0. The second-order valence-corrected chi connectivity index (χ2v) is 9.01. The Hall–Kier alpha value is -0.670. The smallest absolute Gasteiger partial charge is 0.261 e. The average Bonchev–Trinajstić information content (AvgIpc) is 2.90. The summed E-state index contributed by atoms with van der Waals surface area (Å²) in [7, 11) is -1.05. The second kappa shape index (κ2) is 5.61. The van der Waals surface area contributed by atoms with E-state index in [2.05, 4.69) is 0 Å². The third-order valence-corrected chi connectivity index (χ3v) is 6.44. The molecule has 1 saturated heterocycles. The predicted molar refractivity (Wildman–Crippen MR) is 73.7 cm³/mol. The standard InChI is InChI=1S/C11H14ClNO5S2/c1-13(9-5-6-18-8-9)20(16,17)11-4-2-3-10(7-11)19(12,14)15/h2-4,7,9H,5-6,8H2,1H3. The molecule has 1 fully saturated rings. The van der Waals surface area contributed by atoms with Gasteiger partial charge < -0.3 is 4.74 Å². The van der Waals surface area contributed by atoms with Crippen LogP contribution in [0, 0.1) is 0 Å². The fraction of sp³-hybridized carbons (Fsp3) is 0.455. The number of benzene rings is 1. The highest BCUT2D eigenvalue weighted by atomic mass is 35.7. The van der Waals surface area contributed by atoms with Crippen LogP contribution < -0.4 is 0 Å². The highest BCUT2D eigenvalue weighted by Gasteiger charge is 2.31. The molecule has 0 bridgehead atoms. The first kappa shape index (κ1) is 15.7.